The normalized spacial score (nSPS) is 12.5. The number of rotatable bonds is 3. The lowest BCUT2D eigenvalue weighted by molar-refractivity contribution is 0.765. The number of benzene rings is 1. The third-order valence-electron chi connectivity index (χ3n) is 2.78. The fraction of sp³-hybridized carbons (Fsp3) is 0.308. The molecule has 1 heterocycles. The molecule has 0 aliphatic rings. The number of nitrogens with one attached hydrogen (secondary N) is 1. The van der Waals surface area contributed by atoms with Crippen molar-refractivity contribution in [2.75, 3.05) is 5.32 Å². The van der Waals surface area contributed by atoms with Gasteiger partial charge in [0.15, 0.2) is 0 Å². The summed E-state index contributed by atoms with van der Waals surface area (Å²) in [6, 6.07) is 6.21. The zero-order chi connectivity index (χ0) is 12.4. The van der Waals surface area contributed by atoms with E-state index >= 15 is 0 Å². The lowest BCUT2D eigenvalue weighted by atomic mass is 10.1. The van der Waals surface area contributed by atoms with Crippen molar-refractivity contribution < 1.29 is 0 Å². The van der Waals surface area contributed by atoms with Crippen LogP contribution in [0.4, 0.5) is 5.69 Å². The van der Waals surface area contributed by atoms with E-state index in [1.807, 2.05) is 44.6 Å². The molecule has 0 saturated carbocycles. The molecule has 0 bridgehead atoms. The minimum atomic E-state index is 0.211. The molecule has 1 atom stereocenters. The van der Waals surface area contributed by atoms with E-state index < -0.39 is 0 Å². The Hall–Kier alpha value is -1.48. The first-order valence-corrected chi connectivity index (χ1v) is 5.95. The van der Waals surface area contributed by atoms with Crippen molar-refractivity contribution in [2.24, 2.45) is 7.05 Å². The molecule has 0 amide bonds. The number of hydrogen-bond acceptors (Lipinski definition) is 2. The van der Waals surface area contributed by atoms with Gasteiger partial charge in [0.2, 0.25) is 0 Å². The Labute approximate surface area is 106 Å². The van der Waals surface area contributed by atoms with E-state index in [0.29, 0.717) is 0 Å². The summed E-state index contributed by atoms with van der Waals surface area (Å²) in [6.07, 6.45) is 3.88. The molecule has 0 aliphatic carbocycles. The van der Waals surface area contributed by atoms with Gasteiger partial charge in [-0.05, 0) is 31.5 Å². The average Bonchev–Trinajstić information content (AvgIpc) is 2.70. The predicted molar refractivity (Wildman–Crippen MR) is 71.4 cm³/mol. The van der Waals surface area contributed by atoms with E-state index in [0.717, 1.165) is 21.8 Å². The first kappa shape index (κ1) is 12.0. The van der Waals surface area contributed by atoms with Crippen molar-refractivity contribution in [3.63, 3.8) is 0 Å². The summed E-state index contributed by atoms with van der Waals surface area (Å²) in [5.74, 6) is 0. The van der Waals surface area contributed by atoms with E-state index in [2.05, 4.69) is 17.3 Å². The Morgan fingerprint density at radius 2 is 2.18 bits per heavy atom. The Morgan fingerprint density at radius 1 is 1.41 bits per heavy atom. The first-order valence-electron chi connectivity index (χ1n) is 5.57. The summed E-state index contributed by atoms with van der Waals surface area (Å²) in [5.41, 5.74) is 3.27. The number of anilines is 1. The standard InChI is InChI=1S/C13H16ClN3/c1-9-4-5-12(6-13(9)14)16-10(2)11-7-15-17(3)8-11/h4-8,10,16H,1-3H3. The van der Waals surface area contributed by atoms with Crippen molar-refractivity contribution in [3.05, 3.63) is 46.7 Å². The van der Waals surface area contributed by atoms with Crippen LogP contribution in [0, 0.1) is 6.92 Å². The van der Waals surface area contributed by atoms with Gasteiger partial charge in [0, 0.05) is 29.5 Å². The molecule has 4 heteroatoms. The van der Waals surface area contributed by atoms with Gasteiger partial charge in [-0.2, -0.15) is 5.10 Å². The second kappa shape index (κ2) is 4.80. The molecule has 17 heavy (non-hydrogen) atoms. The Balaban J connectivity index is 2.12. The molecule has 1 aromatic carbocycles. The largest absolute Gasteiger partial charge is 0.378 e. The molecule has 1 unspecified atom stereocenters. The summed E-state index contributed by atoms with van der Waals surface area (Å²) in [6.45, 7) is 4.10. The van der Waals surface area contributed by atoms with E-state index in [1.165, 1.54) is 0 Å². The summed E-state index contributed by atoms with van der Waals surface area (Å²) < 4.78 is 1.80. The minimum Gasteiger partial charge on any atom is -0.378 e. The fourth-order valence-corrected chi connectivity index (χ4v) is 1.86. The molecule has 2 aromatic rings. The highest BCUT2D eigenvalue weighted by Crippen LogP contribution is 2.23. The molecule has 3 nitrogen and oxygen atoms in total. The quantitative estimate of drug-likeness (QED) is 0.902. The van der Waals surface area contributed by atoms with Gasteiger partial charge in [0.25, 0.3) is 0 Å². The van der Waals surface area contributed by atoms with Crippen LogP contribution < -0.4 is 5.32 Å². The second-order valence-corrected chi connectivity index (χ2v) is 4.68. The Kier molecular flexibility index (Phi) is 3.38. The van der Waals surface area contributed by atoms with Gasteiger partial charge in [-0.1, -0.05) is 17.7 Å². The fourth-order valence-electron chi connectivity index (χ4n) is 1.68. The number of nitrogens with zero attached hydrogens (tertiary/aromatic N) is 2. The highest BCUT2D eigenvalue weighted by atomic mass is 35.5. The zero-order valence-corrected chi connectivity index (χ0v) is 11.0. The zero-order valence-electron chi connectivity index (χ0n) is 10.2. The van der Waals surface area contributed by atoms with Crippen molar-refractivity contribution in [3.8, 4) is 0 Å². The molecule has 0 fully saturated rings. The van der Waals surface area contributed by atoms with Crippen LogP contribution in [0.25, 0.3) is 0 Å². The van der Waals surface area contributed by atoms with Crippen LogP contribution in [0.2, 0.25) is 5.02 Å². The maximum Gasteiger partial charge on any atom is 0.0542 e. The molecule has 0 radical (unpaired) electrons. The molecule has 90 valence electrons. The number of aryl methyl sites for hydroxylation is 2. The number of halogens is 1. The highest BCUT2D eigenvalue weighted by molar-refractivity contribution is 6.31. The summed E-state index contributed by atoms with van der Waals surface area (Å²) in [4.78, 5) is 0. The van der Waals surface area contributed by atoms with Gasteiger partial charge < -0.3 is 5.32 Å². The molecular formula is C13H16ClN3. The van der Waals surface area contributed by atoms with Crippen LogP contribution in [0.3, 0.4) is 0 Å². The van der Waals surface area contributed by atoms with Crippen LogP contribution in [0.5, 0.6) is 0 Å². The van der Waals surface area contributed by atoms with E-state index in [4.69, 9.17) is 11.6 Å². The maximum absolute atomic E-state index is 6.09. The third-order valence-corrected chi connectivity index (χ3v) is 3.19. The van der Waals surface area contributed by atoms with E-state index in [-0.39, 0.29) is 6.04 Å². The lowest BCUT2D eigenvalue weighted by Gasteiger charge is -2.14. The average molecular weight is 250 g/mol. The second-order valence-electron chi connectivity index (χ2n) is 4.28. The lowest BCUT2D eigenvalue weighted by Crippen LogP contribution is -2.05. The predicted octanol–water partition coefficient (Wildman–Crippen LogP) is 3.56. The molecule has 0 saturated heterocycles. The summed E-state index contributed by atoms with van der Waals surface area (Å²) >= 11 is 6.09. The monoisotopic (exact) mass is 249 g/mol. The van der Waals surface area contributed by atoms with Gasteiger partial charge >= 0.3 is 0 Å². The number of hydrogen-bond donors (Lipinski definition) is 1. The molecule has 1 aromatic heterocycles. The van der Waals surface area contributed by atoms with Gasteiger partial charge in [-0.25, -0.2) is 0 Å². The maximum atomic E-state index is 6.09. The first-order chi connectivity index (χ1) is 8.06. The molecular weight excluding hydrogens is 234 g/mol. The third kappa shape index (κ3) is 2.80. The van der Waals surface area contributed by atoms with Crippen molar-refractivity contribution in [2.45, 2.75) is 19.9 Å². The van der Waals surface area contributed by atoms with Crippen LogP contribution in [0.15, 0.2) is 30.6 Å². The molecule has 2 rings (SSSR count). The topological polar surface area (TPSA) is 29.9 Å². The van der Waals surface area contributed by atoms with Crippen LogP contribution in [-0.2, 0) is 7.05 Å². The summed E-state index contributed by atoms with van der Waals surface area (Å²) in [5, 5.41) is 8.35. The number of aromatic nitrogens is 2. The Bertz CT molecular complexity index is 519. The van der Waals surface area contributed by atoms with Gasteiger partial charge in [-0.3, -0.25) is 4.68 Å². The van der Waals surface area contributed by atoms with Crippen LogP contribution in [-0.4, -0.2) is 9.78 Å². The van der Waals surface area contributed by atoms with Crippen LogP contribution in [0.1, 0.15) is 24.1 Å². The van der Waals surface area contributed by atoms with Crippen molar-refractivity contribution in [1.82, 2.24) is 9.78 Å². The van der Waals surface area contributed by atoms with Gasteiger partial charge in [-0.15, -0.1) is 0 Å². The summed E-state index contributed by atoms with van der Waals surface area (Å²) in [7, 11) is 1.92. The molecule has 0 spiro atoms. The molecule has 0 aliphatic heterocycles. The van der Waals surface area contributed by atoms with Gasteiger partial charge in [0.1, 0.15) is 0 Å². The minimum absolute atomic E-state index is 0.211. The highest BCUT2D eigenvalue weighted by Gasteiger charge is 2.07. The SMILES string of the molecule is Cc1ccc(NC(C)c2cnn(C)c2)cc1Cl. The molecule has 1 N–H and O–H groups in total. The van der Waals surface area contributed by atoms with Gasteiger partial charge in [0.05, 0.1) is 12.2 Å². The van der Waals surface area contributed by atoms with Crippen molar-refractivity contribution in [1.29, 1.82) is 0 Å². The van der Waals surface area contributed by atoms with Crippen molar-refractivity contribution >= 4 is 17.3 Å². The van der Waals surface area contributed by atoms with Crippen LogP contribution >= 0.6 is 11.6 Å². The van der Waals surface area contributed by atoms with E-state index in [9.17, 15) is 0 Å². The Morgan fingerprint density at radius 3 is 2.76 bits per heavy atom. The van der Waals surface area contributed by atoms with E-state index in [1.54, 1.807) is 4.68 Å². The smallest absolute Gasteiger partial charge is 0.0542 e.